The summed E-state index contributed by atoms with van der Waals surface area (Å²) in [5, 5.41) is 3.26. The summed E-state index contributed by atoms with van der Waals surface area (Å²) in [4.78, 5) is 0. The van der Waals surface area contributed by atoms with Gasteiger partial charge in [0.15, 0.2) is 0 Å². The van der Waals surface area contributed by atoms with Crippen molar-refractivity contribution in [3.63, 3.8) is 0 Å². The van der Waals surface area contributed by atoms with Crippen molar-refractivity contribution in [2.45, 2.75) is 45.4 Å². The van der Waals surface area contributed by atoms with Crippen LogP contribution in [0, 0.1) is 5.41 Å². The third kappa shape index (κ3) is 3.83. The molecule has 0 aliphatic heterocycles. The number of furan rings is 1. The second kappa shape index (κ2) is 5.42. The van der Waals surface area contributed by atoms with Crippen LogP contribution in [0.3, 0.4) is 0 Å². The molecule has 0 aliphatic rings. The molecule has 1 unspecified atom stereocenters. The Hall–Kier alpha value is -0.850. The molecule has 0 spiro atoms. The van der Waals surface area contributed by atoms with Gasteiger partial charge >= 0.3 is 0 Å². The first-order valence-corrected chi connectivity index (χ1v) is 7.41. The highest BCUT2D eigenvalue weighted by Gasteiger charge is 2.20. The molecule has 0 saturated carbocycles. The molecule has 1 aromatic heterocycles. The largest absolute Gasteiger partial charge is 0.447 e. The Morgan fingerprint density at radius 1 is 1.33 bits per heavy atom. The van der Waals surface area contributed by atoms with Gasteiger partial charge in [-0.2, -0.15) is 0 Å². The van der Waals surface area contributed by atoms with Crippen LogP contribution >= 0.6 is 0 Å². The summed E-state index contributed by atoms with van der Waals surface area (Å²) in [5.74, 6) is 0.611. The summed E-state index contributed by atoms with van der Waals surface area (Å²) in [6, 6.07) is 3.43. The molecular weight excluding hydrogens is 252 g/mol. The van der Waals surface area contributed by atoms with Crippen molar-refractivity contribution in [1.82, 2.24) is 10.0 Å². The van der Waals surface area contributed by atoms with E-state index < -0.39 is 10.0 Å². The lowest BCUT2D eigenvalue weighted by Crippen LogP contribution is -2.37. The van der Waals surface area contributed by atoms with Gasteiger partial charge in [-0.3, -0.25) is 0 Å². The summed E-state index contributed by atoms with van der Waals surface area (Å²) in [7, 11) is -2.13. The third-order valence-electron chi connectivity index (χ3n) is 3.05. The second-order valence-corrected chi connectivity index (χ2v) is 7.21. The van der Waals surface area contributed by atoms with Crippen LogP contribution in [-0.2, 0) is 16.6 Å². The van der Waals surface area contributed by atoms with Crippen molar-refractivity contribution in [2.75, 3.05) is 7.05 Å². The lowest BCUT2D eigenvalue weighted by molar-refractivity contribution is 0.274. The summed E-state index contributed by atoms with van der Waals surface area (Å²) in [5.41, 5.74) is 0.145. The monoisotopic (exact) mass is 274 g/mol. The third-order valence-corrected chi connectivity index (χ3v) is 4.34. The van der Waals surface area contributed by atoms with Gasteiger partial charge in [0.25, 0.3) is 10.0 Å². The van der Waals surface area contributed by atoms with Gasteiger partial charge in [0.1, 0.15) is 5.76 Å². The maximum Gasteiger partial charge on any atom is 0.273 e. The van der Waals surface area contributed by atoms with E-state index in [4.69, 9.17) is 4.42 Å². The number of hydrogen-bond donors (Lipinski definition) is 2. The van der Waals surface area contributed by atoms with E-state index in [1.54, 1.807) is 6.07 Å². The Balaban J connectivity index is 2.66. The molecule has 0 bridgehead atoms. The molecule has 5 nitrogen and oxygen atoms in total. The van der Waals surface area contributed by atoms with E-state index in [1.807, 2.05) is 0 Å². The maximum atomic E-state index is 11.5. The first kappa shape index (κ1) is 15.2. The number of rotatable bonds is 5. The van der Waals surface area contributed by atoms with Crippen molar-refractivity contribution in [1.29, 1.82) is 0 Å². The molecule has 18 heavy (non-hydrogen) atoms. The molecule has 2 N–H and O–H groups in total. The predicted octanol–water partition coefficient (Wildman–Crippen LogP) is 1.71. The van der Waals surface area contributed by atoms with Crippen LogP contribution in [0.4, 0.5) is 0 Å². The summed E-state index contributed by atoms with van der Waals surface area (Å²) >= 11 is 0. The van der Waals surface area contributed by atoms with Gasteiger partial charge in [-0.1, -0.05) is 20.8 Å². The van der Waals surface area contributed by atoms with E-state index in [0.717, 1.165) is 0 Å². The zero-order chi connectivity index (χ0) is 14.0. The summed E-state index contributed by atoms with van der Waals surface area (Å²) < 4.78 is 30.5. The summed E-state index contributed by atoms with van der Waals surface area (Å²) in [6.07, 6.45) is 0. The van der Waals surface area contributed by atoms with Gasteiger partial charge < -0.3 is 9.73 Å². The molecule has 0 radical (unpaired) electrons. The van der Waals surface area contributed by atoms with Crippen LogP contribution in [0.2, 0.25) is 0 Å². The fourth-order valence-corrected chi connectivity index (χ4v) is 1.92. The lowest BCUT2D eigenvalue weighted by atomic mass is 9.88. The van der Waals surface area contributed by atoms with E-state index in [1.165, 1.54) is 13.1 Å². The van der Waals surface area contributed by atoms with E-state index in [-0.39, 0.29) is 10.5 Å². The highest BCUT2D eigenvalue weighted by molar-refractivity contribution is 7.89. The Morgan fingerprint density at radius 3 is 2.44 bits per heavy atom. The van der Waals surface area contributed by atoms with Crippen LogP contribution in [0.15, 0.2) is 21.6 Å². The van der Waals surface area contributed by atoms with Crippen molar-refractivity contribution in [3.8, 4) is 0 Å². The van der Waals surface area contributed by atoms with Crippen LogP contribution in [-0.4, -0.2) is 21.5 Å². The Morgan fingerprint density at radius 2 is 1.94 bits per heavy atom. The number of nitrogens with one attached hydrogen (secondary N) is 2. The average molecular weight is 274 g/mol. The van der Waals surface area contributed by atoms with E-state index in [0.29, 0.717) is 18.3 Å². The normalized spacial score (nSPS) is 14.7. The molecule has 0 amide bonds. The average Bonchev–Trinajstić information content (AvgIpc) is 2.73. The standard InChI is InChI=1S/C12H22N2O3S/c1-9(12(2,3)4)14-8-10-6-7-11(17-10)18(15,16)13-5/h6-7,9,13-14H,8H2,1-5H3. The molecule has 0 saturated heterocycles. The first-order chi connectivity index (χ1) is 8.16. The minimum Gasteiger partial charge on any atom is -0.447 e. The van der Waals surface area contributed by atoms with E-state index in [9.17, 15) is 8.42 Å². The molecular formula is C12H22N2O3S. The minimum absolute atomic E-state index is 0.0507. The fourth-order valence-electron chi connectivity index (χ4n) is 1.26. The first-order valence-electron chi connectivity index (χ1n) is 5.92. The number of sulfonamides is 1. The minimum atomic E-state index is -3.49. The van der Waals surface area contributed by atoms with Gasteiger partial charge in [-0.05, 0) is 31.5 Å². The van der Waals surface area contributed by atoms with Gasteiger partial charge in [-0.25, -0.2) is 13.1 Å². The van der Waals surface area contributed by atoms with Gasteiger partial charge in [0.05, 0.1) is 6.54 Å². The van der Waals surface area contributed by atoms with Gasteiger partial charge in [0, 0.05) is 6.04 Å². The molecule has 104 valence electrons. The van der Waals surface area contributed by atoms with Crippen LogP contribution < -0.4 is 10.0 Å². The summed E-state index contributed by atoms with van der Waals surface area (Å²) in [6.45, 7) is 9.03. The van der Waals surface area contributed by atoms with E-state index >= 15 is 0 Å². The van der Waals surface area contributed by atoms with Crippen LogP contribution in [0.25, 0.3) is 0 Å². The molecule has 0 aliphatic carbocycles. The quantitative estimate of drug-likeness (QED) is 0.857. The molecule has 0 fully saturated rings. The van der Waals surface area contributed by atoms with Crippen LogP contribution in [0.1, 0.15) is 33.5 Å². The van der Waals surface area contributed by atoms with E-state index in [2.05, 4.69) is 37.7 Å². The smallest absolute Gasteiger partial charge is 0.273 e. The van der Waals surface area contributed by atoms with Gasteiger partial charge in [-0.15, -0.1) is 0 Å². The Bertz CT molecular complexity index is 486. The molecule has 1 rings (SSSR count). The second-order valence-electron chi connectivity index (χ2n) is 5.40. The lowest BCUT2D eigenvalue weighted by Gasteiger charge is -2.27. The Labute approximate surface area is 109 Å². The molecule has 1 atom stereocenters. The van der Waals surface area contributed by atoms with Crippen molar-refractivity contribution in [2.24, 2.45) is 5.41 Å². The predicted molar refractivity (Wildman–Crippen MR) is 70.7 cm³/mol. The molecule has 1 heterocycles. The zero-order valence-electron chi connectivity index (χ0n) is 11.6. The van der Waals surface area contributed by atoms with Crippen molar-refractivity contribution in [3.05, 3.63) is 17.9 Å². The van der Waals surface area contributed by atoms with Crippen molar-refractivity contribution >= 4 is 10.0 Å². The Kier molecular flexibility index (Phi) is 4.58. The highest BCUT2D eigenvalue weighted by atomic mass is 32.2. The fraction of sp³-hybridized carbons (Fsp3) is 0.667. The molecule has 1 aromatic rings. The van der Waals surface area contributed by atoms with Gasteiger partial charge in [0.2, 0.25) is 5.09 Å². The highest BCUT2D eigenvalue weighted by Crippen LogP contribution is 2.19. The molecule has 0 aromatic carbocycles. The van der Waals surface area contributed by atoms with Crippen LogP contribution in [0.5, 0.6) is 0 Å². The SMILES string of the molecule is CNS(=O)(=O)c1ccc(CNC(C)C(C)(C)C)o1. The zero-order valence-corrected chi connectivity index (χ0v) is 12.4. The topological polar surface area (TPSA) is 71.3 Å². The number of hydrogen-bond acceptors (Lipinski definition) is 4. The molecule has 6 heteroatoms. The van der Waals surface area contributed by atoms with Crippen molar-refractivity contribution < 1.29 is 12.8 Å². The maximum absolute atomic E-state index is 11.5.